The fraction of sp³-hybridized carbons (Fsp3) is 0.385. The molecule has 0 aliphatic carbocycles. The first kappa shape index (κ1) is 14.9. The minimum Gasteiger partial charge on any atom is -0.481 e. The molecule has 104 valence electrons. The van der Waals surface area contributed by atoms with Gasteiger partial charge in [0.05, 0.1) is 5.92 Å². The normalized spacial score (nSPS) is 11.7. The molecule has 0 saturated carbocycles. The molecule has 3 N–H and O–H groups in total. The number of nitrogens with one attached hydrogen (secondary N) is 2. The number of urea groups is 1. The summed E-state index contributed by atoms with van der Waals surface area (Å²) in [5.41, 5.74) is 0.372. The summed E-state index contributed by atoms with van der Waals surface area (Å²) in [4.78, 5) is 22.0. The third kappa shape index (κ3) is 5.85. The number of aliphatic carboxylic acids is 1. The number of hydrogen-bond acceptors (Lipinski definition) is 2. The number of hydrogen-bond donors (Lipinski definition) is 3. The summed E-state index contributed by atoms with van der Waals surface area (Å²) in [5, 5.41) is 13.7. The summed E-state index contributed by atoms with van der Waals surface area (Å²) < 4.78 is 12.9. The summed E-state index contributed by atoms with van der Waals surface area (Å²) in [6, 6.07) is 5.14. The maximum absolute atomic E-state index is 12.9. The first-order chi connectivity index (χ1) is 8.99. The fourth-order valence-electron chi connectivity index (χ4n) is 1.48. The van der Waals surface area contributed by atoms with Crippen LogP contribution in [0, 0.1) is 11.7 Å². The van der Waals surface area contributed by atoms with Gasteiger partial charge in [0, 0.05) is 12.2 Å². The van der Waals surface area contributed by atoms with Crippen LogP contribution in [0.2, 0.25) is 0 Å². The van der Waals surface area contributed by atoms with Crippen molar-refractivity contribution < 1.29 is 19.1 Å². The predicted molar refractivity (Wildman–Crippen MR) is 69.5 cm³/mol. The van der Waals surface area contributed by atoms with Crippen LogP contribution in [0.1, 0.15) is 19.8 Å². The van der Waals surface area contributed by atoms with Gasteiger partial charge in [0.25, 0.3) is 0 Å². The highest BCUT2D eigenvalue weighted by Gasteiger charge is 2.10. The van der Waals surface area contributed by atoms with Crippen LogP contribution < -0.4 is 10.6 Å². The van der Waals surface area contributed by atoms with Crippen molar-refractivity contribution in [2.24, 2.45) is 5.92 Å². The number of amides is 2. The fourth-order valence-corrected chi connectivity index (χ4v) is 1.48. The number of carbonyl (C=O) groups is 2. The van der Waals surface area contributed by atoms with Gasteiger partial charge in [0.15, 0.2) is 0 Å². The lowest BCUT2D eigenvalue weighted by atomic mass is 10.1. The van der Waals surface area contributed by atoms with Crippen molar-refractivity contribution in [3.05, 3.63) is 30.1 Å². The smallest absolute Gasteiger partial charge is 0.319 e. The highest BCUT2D eigenvalue weighted by molar-refractivity contribution is 5.89. The van der Waals surface area contributed by atoms with Crippen molar-refractivity contribution in [1.29, 1.82) is 0 Å². The van der Waals surface area contributed by atoms with Crippen LogP contribution in [0.25, 0.3) is 0 Å². The van der Waals surface area contributed by atoms with E-state index in [0.29, 0.717) is 25.1 Å². The van der Waals surface area contributed by atoms with E-state index in [2.05, 4.69) is 10.6 Å². The van der Waals surface area contributed by atoms with Crippen LogP contribution in [-0.4, -0.2) is 23.7 Å². The SMILES string of the molecule is CC(CCCNC(=O)Nc1cccc(F)c1)C(=O)O. The number of halogens is 1. The van der Waals surface area contributed by atoms with Crippen molar-refractivity contribution in [3.63, 3.8) is 0 Å². The van der Waals surface area contributed by atoms with Gasteiger partial charge in [-0.2, -0.15) is 0 Å². The minimum absolute atomic E-state index is 0.372. The Kier molecular flexibility index (Phi) is 5.78. The largest absolute Gasteiger partial charge is 0.481 e. The third-order valence-corrected chi connectivity index (χ3v) is 2.60. The van der Waals surface area contributed by atoms with Crippen LogP contribution in [0.3, 0.4) is 0 Å². The Labute approximate surface area is 110 Å². The monoisotopic (exact) mass is 268 g/mol. The summed E-state index contributed by atoms with van der Waals surface area (Å²) in [6.07, 6.45) is 1.07. The standard InChI is InChI=1S/C13H17FN2O3/c1-9(12(17)18)4-3-7-15-13(19)16-11-6-2-5-10(14)8-11/h2,5-6,8-9H,3-4,7H2,1H3,(H,17,18)(H2,15,16,19). The van der Waals surface area contributed by atoms with Crippen molar-refractivity contribution in [2.45, 2.75) is 19.8 Å². The molecule has 1 aromatic rings. The van der Waals surface area contributed by atoms with E-state index < -0.39 is 23.7 Å². The van der Waals surface area contributed by atoms with Gasteiger partial charge in [-0.25, -0.2) is 9.18 Å². The van der Waals surface area contributed by atoms with E-state index in [-0.39, 0.29) is 0 Å². The Hall–Kier alpha value is -2.11. The Morgan fingerprint density at radius 1 is 1.42 bits per heavy atom. The second kappa shape index (κ2) is 7.35. The zero-order chi connectivity index (χ0) is 14.3. The Bertz CT molecular complexity index is 451. The molecule has 1 unspecified atom stereocenters. The Morgan fingerprint density at radius 3 is 2.79 bits per heavy atom. The van der Waals surface area contributed by atoms with E-state index in [4.69, 9.17) is 5.11 Å². The third-order valence-electron chi connectivity index (χ3n) is 2.60. The number of benzene rings is 1. The molecule has 0 aliphatic rings. The summed E-state index contributed by atoms with van der Waals surface area (Å²) in [5.74, 6) is -1.69. The average Bonchev–Trinajstić information content (AvgIpc) is 2.34. The van der Waals surface area contributed by atoms with Crippen molar-refractivity contribution in [2.75, 3.05) is 11.9 Å². The number of carboxylic acid groups (broad SMARTS) is 1. The van der Waals surface area contributed by atoms with E-state index in [9.17, 15) is 14.0 Å². The van der Waals surface area contributed by atoms with Gasteiger partial charge in [-0.15, -0.1) is 0 Å². The van der Waals surface area contributed by atoms with Crippen LogP contribution in [0.15, 0.2) is 24.3 Å². The number of anilines is 1. The lowest BCUT2D eigenvalue weighted by Crippen LogP contribution is -2.30. The topological polar surface area (TPSA) is 78.4 Å². The van der Waals surface area contributed by atoms with Crippen LogP contribution in [0.4, 0.5) is 14.9 Å². The lowest BCUT2D eigenvalue weighted by Gasteiger charge is -2.09. The summed E-state index contributed by atoms with van der Waals surface area (Å²) in [7, 11) is 0. The molecule has 1 rings (SSSR count). The molecule has 19 heavy (non-hydrogen) atoms. The molecule has 1 aromatic carbocycles. The second-order valence-corrected chi connectivity index (χ2v) is 4.27. The van der Waals surface area contributed by atoms with E-state index >= 15 is 0 Å². The van der Waals surface area contributed by atoms with E-state index in [1.165, 1.54) is 18.2 Å². The maximum atomic E-state index is 12.9. The lowest BCUT2D eigenvalue weighted by molar-refractivity contribution is -0.141. The molecule has 0 radical (unpaired) electrons. The molecule has 5 nitrogen and oxygen atoms in total. The first-order valence-electron chi connectivity index (χ1n) is 6.02. The van der Waals surface area contributed by atoms with E-state index in [1.807, 2.05) is 0 Å². The van der Waals surface area contributed by atoms with Crippen LogP contribution >= 0.6 is 0 Å². The zero-order valence-electron chi connectivity index (χ0n) is 10.6. The Morgan fingerprint density at radius 2 is 2.16 bits per heavy atom. The van der Waals surface area contributed by atoms with Crippen molar-refractivity contribution in [1.82, 2.24) is 5.32 Å². The Balaban J connectivity index is 2.23. The zero-order valence-corrected chi connectivity index (χ0v) is 10.6. The molecule has 0 aliphatic heterocycles. The van der Waals surface area contributed by atoms with Gasteiger partial charge in [0.2, 0.25) is 0 Å². The highest BCUT2D eigenvalue weighted by Crippen LogP contribution is 2.08. The van der Waals surface area contributed by atoms with Gasteiger partial charge in [-0.05, 0) is 31.0 Å². The van der Waals surface area contributed by atoms with Crippen LogP contribution in [0.5, 0.6) is 0 Å². The minimum atomic E-state index is -0.843. The number of carboxylic acids is 1. The van der Waals surface area contributed by atoms with Gasteiger partial charge < -0.3 is 15.7 Å². The molecule has 0 heterocycles. The first-order valence-corrected chi connectivity index (χ1v) is 6.02. The van der Waals surface area contributed by atoms with Gasteiger partial charge in [0.1, 0.15) is 5.82 Å². The second-order valence-electron chi connectivity index (χ2n) is 4.27. The van der Waals surface area contributed by atoms with Crippen molar-refractivity contribution in [3.8, 4) is 0 Å². The molecule has 6 heteroatoms. The molecule has 0 spiro atoms. The quantitative estimate of drug-likeness (QED) is 0.693. The molecular weight excluding hydrogens is 251 g/mol. The highest BCUT2D eigenvalue weighted by atomic mass is 19.1. The van der Waals surface area contributed by atoms with Gasteiger partial charge in [-0.3, -0.25) is 4.79 Å². The summed E-state index contributed by atoms with van der Waals surface area (Å²) >= 11 is 0. The summed E-state index contributed by atoms with van der Waals surface area (Å²) in [6.45, 7) is 1.99. The molecule has 0 saturated heterocycles. The molecule has 0 aromatic heterocycles. The number of carbonyl (C=O) groups excluding carboxylic acids is 1. The van der Waals surface area contributed by atoms with Crippen molar-refractivity contribution >= 4 is 17.7 Å². The van der Waals surface area contributed by atoms with E-state index in [0.717, 1.165) is 0 Å². The maximum Gasteiger partial charge on any atom is 0.319 e. The van der Waals surface area contributed by atoms with Gasteiger partial charge >= 0.3 is 12.0 Å². The molecule has 0 bridgehead atoms. The van der Waals surface area contributed by atoms with Crippen LogP contribution in [-0.2, 0) is 4.79 Å². The average molecular weight is 268 g/mol. The molecular formula is C13H17FN2O3. The molecule has 2 amide bonds. The van der Waals surface area contributed by atoms with E-state index in [1.54, 1.807) is 13.0 Å². The molecule has 1 atom stereocenters. The predicted octanol–water partition coefficient (Wildman–Crippen LogP) is 2.45. The number of rotatable bonds is 6. The van der Waals surface area contributed by atoms with Gasteiger partial charge in [-0.1, -0.05) is 13.0 Å². The molecule has 0 fully saturated rings.